The number of nitrogens with one attached hydrogen (secondary N) is 2. The Morgan fingerprint density at radius 2 is 2.50 bits per heavy atom. The number of hydrogen-bond acceptors (Lipinski definition) is 3. The Morgan fingerprint density at radius 3 is 3.00 bits per heavy atom. The van der Waals surface area contributed by atoms with E-state index in [9.17, 15) is 4.79 Å². The number of aromatic nitrogens is 2. The molecule has 1 aromatic heterocycles. The smallest absolute Gasteiger partial charge is 0.257 e. The van der Waals surface area contributed by atoms with Crippen LogP contribution in [0.3, 0.4) is 0 Å². The summed E-state index contributed by atoms with van der Waals surface area (Å²) >= 11 is 0. The lowest BCUT2D eigenvalue weighted by atomic mass is 10.1. The zero-order valence-corrected chi connectivity index (χ0v) is 9.79. The molecule has 1 saturated heterocycles. The first-order valence-electron chi connectivity index (χ1n) is 5.75. The van der Waals surface area contributed by atoms with Crippen molar-refractivity contribution < 1.29 is 4.79 Å². The van der Waals surface area contributed by atoms with E-state index in [1.807, 2.05) is 18.7 Å². The molecule has 0 saturated carbocycles. The van der Waals surface area contributed by atoms with Gasteiger partial charge >= 0.3 is 0 Å². The van der Waals surface area contributed by atoms with Crippen LogP contribution in [0.5, 0.6) is 0 Å². The van der Waals surface area contributed by atoms with Gasteiger partial charge in [0.25, 0.3) is 5.91 Å². The van der Waals surface area contributed by atoms with Crippen LogP contribution < -0.4 is 5.32 Å². The Labute approximate surface area is 95.2 Å². The topological polar surface area (TPSA) is 61.0 Å². The number of aromatic amines is 1. The Bertz CT molecular complexity index is 368. The minimum atomic E-state index is 0.0856. The number of amides is 1. The van der Waals surface area contributed by atoms with E-state index in [2.05, 4.69) is 15.5 Å². The van der Waals surface area contributed by atoms with Gasteiger partial charge in [-0.05, 0) is 26.8 Å². The van der Waals surface area contributed by atoms with E-state index in [0.29, 0.717) is 11.6 Å². The fourth-order valence-electron chi connectivity index (χ4n) is 2.19. The molecular formula is C11H18N4O. The Hall–Kier alpha value is -1.36. The molecule has 16 heavy (non-hydrogen) atoms. The van der Waals surface area contributed by atoms with Crippen LogP contribution in [-0.2, 0) is 0 Å². The largest absolute Gasteiger partial charge is 0.335 e. The molecule has 1 aliphatic heterocycles. The second-order valence-corrected chi connectivity index (χ2v) is 4.15. The van der Waals surface area contributed by atoms with E-state index in [0.717, 1.165) is 31.7 Å². The van der Waals surface area contributed by atoms with Crippen molar-refractivity contribution in [3.63, 3.8) is 0 Å². The maximum atomic E-state index is 12.3. The minimum absolute atomic E-state index is 0.0856. The second kappa shape index (κ2) is 4.65. The molecule has 2 rings (SSSR count). The van der Waals surface area contributed by atoms with Crippen molar-refractivity contribution in [1.29, 1.82) is 0 Å². The normalized spacial score (nSPS) is 20.0. The number of carbonyl (C=O) groups excluding carboxylic acids is 1. The molecule has 1 aromatic rings. The zero-order valence-electron chi connectivity index (χ0n) is 9.79. The summed E-state index contributed by atoms with van der Waals surface area (Å²) in [5.74, 6) is 0.0856. The highest BCUT2D eigenvalue weighted by atomic mass is 16.2. The van der Waals surface area contributed by atoms with Crippen molar-refractivity contribution in [1.82, 2.24) is 20.4 Å². The standard InChI is InChI=1S/C11H18N4O/c1-3-15(9-4-5-12-6-9)11(16)10-7-13-14-8(10)2/h7,9,12H,3-6H2,1-2H3,(H,13,14). The van der Waals surface area contributed by atoms with Crippen LogP contribution in [0.2, 0.25) is 0 Å². The van der Waals surface area contributed by atoms with Gasteiger partial charge in [0.05, 0.1) is 11.8 Å². The molecule has 1 unspecified atom stereocenters. The van der Waals surface area contributed by atoms with Crippen molar-refractivity contribution in [3.05, 3.63) is 17.5 Å². The molecule has 0 aromatic carbocycles. The minimum Gasteiger partial charge on any atom is -0.335 e. The molecule has 0 radical (unpaired) electrons. The average molecular weight is 222 g/mol. The summed E-state index contributed by atoms with van der Waals surface area (Å²) in [6, 6.07) is 0.326. The van der Waals surface area contributed by atoms with Crippen molar-refractivity contribution >= 4 is 5.91 Å². The van der Waals surface area contributed by atoms with E-state index in [1.54, 1.807) is 6.20 Å². The fourth-order valence-corrected chi connectivity index (χ4v) is 2.19. The summed E-state index contributed by atoms with van der Waals surface area (Å²) in [7, 11) is 0. The summed E-state index contributed by atoms with van der Waals surface area (Å²) in [5.41, 5.74) is 1.53. The van der Waals surface area contributed by atoms with E-state index >= 15 is 0 Å². The van der Waals surface area contributed by atoms with E-state index < -0.39 is 0 Å². The third kappa shape index (κ3) is 1.95. The number of carbonyl (C=O) groups is 1. The van der Waals surface area contributed by atoms with Gasteiger partial charge in [0, 0.05) is 24.8 Å². The Kier molecular flexibility index (Phi) is 3.24. The molecule has 5 nitrogen and oxygen atoms in total. The van der Waals surface area contributed by atoms with Crippen LogP contribution in [-0.4, -0.2) is 46.7 Å². The number of hydrogen-bond donors (Lipinski definition) is 2. The molecule has 2 heterocycles. The molecule has 1 aliphatic rings. The molecule has 5 heteroatoms. The third-order valence-electron chi connectivity index (χ3n) is 3.14. The van der Waals surface area contributed by atoms with Crippen LogP contribution in [0.15, 0.2) is 6.20 Å². The molecule has 0 spiro atoms. The molecule has 88 valence electrons. The number of nitrogens with zero attached hydrogens (tertiary/aromatic N) is 2. The first kappa shape index (κ1) is 11.1. The summed E-state index contributed by atoms with van der Waals surface area (Å²) in [5, 5.41) is 9.99. The molecular weight excluding hydrogens is 204 g/mol. The Morgan fingerprint density at radius 1 is 1.69 bits per heavy atom. The van der Waals surface area contributed by atoms with Crippen molar-refractivity contribution in [3.8, 4) is 0 Å². The maximum absolute atomic E-state index is 12.3. The Balaban J connectivity index is 2.15. The quantitative estimate of drug-likeness (QED) is 0.784. The highest BCUT2D eigenvalue weighted by Crippen LogP contribution is 2.14. The van der Waals surface area contributed by atoms with Crippen molar-refractivity contribution in [2.45, 2.75) is 26.3 Å². The number of H-pyrrole nitrogens is 1. The molecule has 2 N–H and O–H groups in total. The lowest BCUT2D eigenvalue weighted by Gasteiger charge is -2.26. The van der Waals surface area contributed by atoms with E-state index in [1.165, 1.54) is 0 Å². The van der Waals surface area contributed by atoms with Crippen LogP contribution in [0.1, 0.15) is 29.4 Å². The monoisotopic (exact) mass is 222 g/mol. The molecule has 1 fully saturated rings. The highest BCUT2D eigenvalue weighted by Gasteiger charge is 2.27. The number of likely N-dealkylation sites (N-methyl/N-ethyl adjacent to an activating group) is 1. The van der Waals surface area contributed by atoms with Crippen molar-refractivity contribution in [2.75, 3.05) is 19.6 Å². The second-order valence-electron chi connectivity index (χ2n) is 4.15. The van der Waals surface area contributed by atoms with Crippen molar-refractivity contribution in [2.24, 2.45) is 0 Å². The lowest BCUT2D eigenvalue weighted by molar-refractivity contribution is 0.0703. The molecule has 0 bridgehead atoms. The molecule has 1 atom stereocenters. The third-order valence-corrected chi connectivity index (χ3v) is 3.14. The average Bonchev–Trinajstić information content (AvgIpc) is 2.90. The zero-order chi connectivity index (χ0) is 11.5. The summed E-state index contributed by atoms with van der Waals surface area (Å²) in [4.78, 5) is 14.2. The van der Waals surface area contributed by atoms with Gasteiger partial charge in [-0.3, -0.25) is 9.89 Å². The first-order valence-corrected chi connectivity index (χ1v) is 5.75. The van der Waals surface area contributed by atoms with Gasteiger partial charge in [-0.2, -0.15) is 5.10 Å². The number of aryl methyl sites for hydroxylation is 1. The molecule has 0 aliphatic carbocycles. The summed E-state index contributed by atoms with van der Waals surface area (Å²) in [6.07, 6.45) is 2.65. The van der Waals surface area contributed by atoms with E-state index in [4.69, 9.17) is 0 Å². The number of rotatable bonds is 3. The SMILES string of the molecule is CCN(C(=O)c1cn[nH]c1C)C1CCNC1. The van der Waals surface area contributed by atoms with E-state index in [-0.39, 0.29) is 5.91 Å². The molecule has 1 amide bonds. The predicted molar refractivity (Wildman–Crippen MR) is 61.3 cm³/mol. The van der Waals surface area contributed by atoms with Gasteiger partial charge in [-0.15, -0.1) is 0 Å². The van der Waals surface area contributed by atoms with Gasteiger partial charge in [-0.1, -0.05) is 0 Å². The van der Waals surface area contributed by atoms with Crippen LogP contribution >= 0.6 is 0 Å². The van der Waals surface area contributed by atoms with Gasteiger partial charge < -0.3 is 10.2 Å². The fraction of sp³-hybridized carbons (Fsp3) is 0.636. The first-order chi connectivity index (χ1) is 7.74. The summed E-state index contributed by atoms with van der Waals surface area (Å²) in [6.45, 7) is 6.54. The van der Waals surface area contributed by atoms with Crippen LogP contribution in [0, 0.1) is 6.92 Å². The van der Waals surface area contributed by atoms with Gasteiger partial charge in [0.1, 0.15) is 0 Å². The maximum Gasteiger partial charge on any atom is 0.257 e. The predicted octanol–water partition coefficient (Wildman–Crippen LogP) is 0.542. The van der Waals surface area contributed by atoms with Gasteiger partial charge in [0.2, 0.25) is 0 Å². The van der Waals surface area contributed by atoms with Crippen LogP contribution in [0.25, 0.3) is 0 Å². The highest BCUT2D eigenvalue weighted by molar-refractivity contribution is 5.95. The van der Waals surface area contributed by atoms with Gasteiger partial charge in [-0.25, -0.2) is 0 Å². The van der Waals surface area contributed by atoms with Crippen LogP contribution in [0.4, 0.5) is 0 Å². The van der Waals surface area contributed by atoms with Gasteiger partial charge in [0.15, 0.2) is 0 Å². The summed E-state index contributed by atoms with van der Waals surface area (Å²) < 4.78 is 0. The lowest BCUT2D eigenvalue weighted by Crippen LogP contribution is -2.41.